The third kappa shape index (κ3) is 6.75. The first-order valence-corrected chi connectivity index (χ1v) is 5.53. The number of likely N-dealkylation sites (tertiary alicyclic amines) is 1. The fourth-order valence-electron chi connectivity index (χ4n) is 2.13. The van der Waals surface area contributed by atoms with Gasteiger partial charge < -0.3 is 22.7 Å². The molecular weight excluding hydrogens is 255 g/mol. The summed E-state index contributed by atoms with van der Waals surface area (Å²) >= 11 is 0. The van der Waals surface area contributed by atoms with Crippen LogP contribution < -0.4 is 51.4 Å². The van der Waals surface area contributed by atoms with Crippen molar-refractivity contribution in [1.82, 2.24) is 9.80 Å². The van der Waals surface area contributed by atoms with E-state index >= 15 is 0 Å². The van der Waals surface area contributed by atoms with Gasteiger partial charge in [-0.2, -0.15) is 0 Å². The van der Waals surface area contributed by atoms with Crippen molar-refractivity contribution in [2.75, 3.05) is 40.3 Å². The second-order valence-corrected chi connectivity index (χ2v) is 4.85. The summed E-state index contributed by atoms with van der Waals surface area (Å²) in [6.45, 7) is 0.900. The van der Waals surface area contributed by atoms with Crippen molar-refractivity contribution >= 4 is 6.98 Å². The summed E-state index contributed by atoms with van der Waals surface area (Å²) in [5.74, 6) is 0.489. The van der Waals surface area contributed by atoms with Crippen molar-refractivity contribution in [3.05, 3.63) is 12.1 Å². The Hall–Kier alpha value is 1.15. The van der Waals surface area contributed by atoms with Gasteiger partial charge in [0.1, 0.15) is 0 Å². The van der Waals surface area contributed by atoms with Crippen LogP contribution in [0.4, 0.5) is 12.9 Å². The quantitative estimate of drug-likeness (QED) is 0.582. The monoisotopic (exact) mass is 274 g/mol. The molecule has 1 aliphatic heterocycles. The van der Waals surface area contributed by atoms with Crippen molar-refractivity contribution in [1.29, 1.82) is 0 Å². The molecule has 17 heavy (non-hydrogen) atoms. The molecule has 1 unspecified atom stereocenters. The Bertz CT molecular complexity index is 260. The fourth-order valence-corrected chi connectivity index (χ4v) is 2.13. The number of halogens is 3. The van der Waals surface area contributed by atoms with E-state index in [1.807, 2.05) is 7.05 Å². The smallest absolute Gasteiger partial charge is 0.445 e. The van der Waals surface area contributed by atoms with E-state index in [1.165, 1.54) is 0 Å². The van der Waals surface area contributed by atoms with Gasteiger partial charge in [0.25, 0.3) is 0 Å². The molecule has 94 valence electrons. The van der Waals surface area contributed by atoms with Crippen LogP contribution in [0, 0.1) is 5.92 Å². The molecule has 1 heterocycles. The molecule has 0 radical (unpaired) electrons. The van der Waals surface area contributed by atoms with Crippen LogP contribution in [0.5, 0.6) is 0 Å². The fraction of sp³-hybridized carbons (Fsp3) is 0.800. The maximum absolute atomic E-state index is 12.3. The van der Waals surface area contributed by atoms with Gasteiger partial charge >= 0.3 is 58.4 Å². The first-order valence-electron chi connectivity index (χ1n) is 5.53. The molecule has 1 fully saturated rings. The Balaban J connectivity index is 0.00000256. The number of hydrogen-bond acceptors (Lipinski definition) is 2. The Labute approximate surface area is 144 Å². The van der Waals surface area contributed by atoms with E-state index < -0.39 is 12.4 Å². The zero-order valence-corrected chi connectivity index (χ0v) is 14.0. The van der Waals surface area contributed by atoms with Crippen LogP contribution in [0.2, 0.25) is 0 Å². The van der Waals surface area contributed by atoms with E-state index in [0.717, 1.165) is 26.1 Å². The molecule has 0 saturated carbocycles. The zero-order valence-electron chi connectivity index (χ0n) is 10.9. The Morgan fingerprint density at radius 1 is 1.47 bits per heavy atom. The van der Waals surface area contributed by atoms with Gasteiger partial charge in [-0.3, -0.25) is 0 Å². The van der Waals surface area contributed by atoms with Crippen molar-refractivity contribution in [3.63, 3.8) is 0 Å². The summed E-state index contributed by atoms with van der Waals surface area (Å²) in [6, 6.07) is 0. The van der Waals surface area contributed by atoms with E-state index in [0.29, 0.717) is 5.92 Å². The van der Waals surface area contributed by atoms with Gasteiger partial charge in [0, 0.05) is 13.1 Å². The zero-order chi connectivity index (χ0) is 12.3. The van der Waals surface area contributed by atoms with Gasteiger partial charge in [-0.25, -0.2) is 0 Å². The third-order valence-corrected chi connectivity index (χ3v) is 2.99. The molecule has 0 aliphatic carbocycles. The molecule has 1 aliphatic rings. The van der Waals surface area contributed by atoms with Crippen LogP contribution in [0.1, 0.15) is 6.42 Å². The predicted octanol–water partition coefficient (Wildman–Crippen LogP) is -1.18. The van der Waals surface area contributed by atoms with Crippen LogP contribution >= 0.6 is 0 Å². The predicted molar refractivity (Wildman–Crippen MR) is 61.3 cm³/mol. The van der Waals surface area contributed by atoms with E-state index in [9.17, 15) is 12.9 Å². The number of rotatable bonds is 5. The van der Waals surface area contributed by atoms with E-state index in [4.69, 9.17) is 0 Å². The minimum Gasteiger partial charge on any atom is -0.445 e. The topological polar surface area (TPSA) is 6.48 Å². The molecule has 1 rings (SSSR count). The van der Waals surface area contributed by atoms with Crippen LogP contribution in [-0.2, 0) is 0 Å². The minimum atomic E-state index is -4.88. The molecule has 0 spiro atoms. The van der Waals surface area contributed by atoms with E-state index in [1.54, 1.807) is 11.9 Å². The van der Waals surface area contributed by atoms with Gasteiger partial charge in [0.05, 0.1) is 0 Å². The number of hydrogen-bond donors (Lipinski definition) is 0. The van der Waals surface area contributed by atoms with Gasteiger partial charge in [-0.15, -0.1) is 12.1 Å². The molecule has 0 N–H and O–H groups in total. The molecule has 1 saturated heterocycles. The standard InChI is InChI=1S/C10H19BF3N2.K/c1-9(11(12,13)14)6-16(3)8-10-4-5-15(2)7-10;/h10H,1,4-8H2,2-3H3;/q-1;+1. The first kappa shape index (κ1) is 18.2. The number of nitrogens with zero attached hydrogens (tertiary/aromatic N) is 2. The number of likely N-dealkylation sites (N-methyl/N-ethyl adjacent to an activating group) is 1. The van der Waals surface area contributed by atoms with Crippen LogP contribution in [0.25, 0.3) is 0 Å². The van der Waals surface area contributed by atoms with Crippen molar-refractivity contribution in [2.24, 2.45) is 5.92 Å². The normalized spacial score (nSPS) is 21.6. The SMILES string of the molecule is C=C(CN(C)CC1CCN(C)C1)[B-](F)(F)F.[K+]. The van der Waals surface area contributed by atoms with E-state index in [-0.39, 0.29) is 57.9 Å². The summed E-state index contributed by atoms with van der Waals surface area (Å²) in [5, 5.41) is 0. The van der Waals surface area contributed by atoms with Crippen LogP contribution in [0.3, 0.4) is 0 Å². The average molecular weight is 274 g/mol. The summed E-state index contributed by atoms with van der Waals surface area (Å²) in [7, 11) is 3.77. The summed E-state index contributed by atoms with van der Waals surface area (Å²) in [4.78, 5) is 3.93. The first-order chi connectivity index (χ1) is 7.29. The maximum Gasteiger partial charge on any atom is 1.00 e. The van der Waals surface area contributed by atoms with Crippen LogP contribution in [-0.4, -0.2) is 57.1 Å². The van der Waals surface area contributed by atoms with E-state index in [2.05, 4.69) is 11.5 Å². The largest absolute Gasteiger partial charge is 1.00 e. The Morgan fingerprint density at radius 3 is 2.47 bits per heavy atom. The summed E-state index contributed by atoms with van der Waals surface area (Å²) in [5.41, 5.74) is -0.603. The van der Waals surface area contributed by atoms with Crippen molar-refractivity contribution < 1.29 is 64.3 Å². The Morgan fingerprint density at radius 2 is 2.06 bits per heavy atom. The molecule has 1 atom stereocenters. The third-order valence-electron chi connectivity index (χ3n) is 2.99. The molecule has 7 heteroatoms. The summed E-state index contributed by atoms with van der Waals surface area (Å²) < 4.78 is 36.9. The second kappa shape index (κ2) is 7.67. The van der Waals surface area contributed by atoms with Gasteiger partial charge in [0.2, 0.25) is 0 Å². The molecule has 0 aromatic heterocycles. The molecule has 2 nitrogen and oxygen atoms in total. The van der Waals surface area contributed by atoms with Gasteiger partial charge in [-0.05, 0) is 39.5 Å². The van der Waals surface area contributed by atoms with Crippen molar-refractivity contribution in [3.8, 4) is 0 Å². The minimum absolute atomic E-state index is 0. The molecule has 0 bridgehead atoms. The summed E-state index contributed by atoms with van der Waals surface area (Å²) in [6.07, 6.45) is 1.07. The van der Waals surface area contributed by atoms with Crippen molar-refractivity contribution in [2.45, 2.75) is 6.42 Å². The van der Waals surface area contributed by atoms with Gasteiger partial charge in [0.15, 0.2) is 0 Å². The second-order valence-electron chi connectivity index (χ2n) is 4.85. The van der Waals surface area contributed by atoms with Crippen LogP contribution in [0.15, 0.2) is 12.1 Å². The Kier molecular flexibility index (Phi) is 8.19. The molecule has 0 amide bonds. The average Bonchev–Trinajstić information content (AvgIpc) is 2.49. The maximum atomic E-state index is 12.3. The molecular formula is C10H19BF3KN2. The molecule has 0 aromatic carbocycles. The van der Waals surface area contributed by atoms with Gasteiger partial charge in [-0.1, -0.05) is 0 Å². The molecule has 0 aromatic rings.